The summed E-state index contributed by atoms with van der Waals surface area (Å²) in [5, 5.41) is 3.62. The van der Waals surface area contributed by atoms with E-state index in [9.17, 15) is 0 Å². The van der Waals surface area contributed by atoms with Crippen molar-refractivity contribution in [2.45, 2.75) is 39.2 Å². The Morgan fingerprint density at radius 3 is 2.53 bits per heavy atom. The molecule has 2 rings (SSSR count). The summed E-state index contributed by atoms with van der Waals surface area (Å²) >= 11 is 0. The summed E-state index contributed by atoms with van der Waals surface area (Å²) in [4.78, 5) is 2.62. The number of rotatable bonds is 9. The molecule has 1 aromatic carbocycles. The maximum atomic E-state index is 3.62. The first-order valence-corrected chi connectivity index (χ1v) is 7.84. The summed E-state index contributed by atoms with van der Waals surface area (Å²) in [6.45, 7) is 9.22. The molecule has 1 aliphatic carbocycles. The van der Waals surface area contributed by atoms with E-state index in [4.69, 9.17) is 0 Å². The van der Waals surface area contributed by atoms with Gasteiger partial charge >= 0.3 is 0 Å². The average Bonchev–Trinajstić information content (AvgIpc) is 3.27. The molecule has 2 nitrogen and oxygen atoms in total. The third kappa shape index (κ3) is 4.96. The normalized spacial score (nSPS) is 16.8. The number of benzene rings is 1. The van der Waals surface area contributed by atoms with Gasteiger partial charge in [-0.25, -0.2) is 0 Å². The molecule has 1 atom stereocenters. The van der Waals surface area contributed by atoms with Gasteiger partial charge in [0.1, 0.15) is 0 Å². The maximum absolute atomic E-state index is 3.62. The lowest BCUT2D eigenvalue weighted by molar-refractivity contribution is 0.259. The molecule has 0 amide bonds. The van der Waals surface area contributed by atoms with Crippen molar-refractivity contribution < 1.29 is 0 Å². The first kappa shape index (κ1) is 14.5. The van der Waals surface area contributed by atoms with Crippen LogP contribution in [0.1, 0.15) is 44.7 Å². The van der Waals surface area contributed by atoms with Gasteiger partial charge in [0.15, 0.2) is 0 Å². The van der Waals surface area contributed by atoms with Crippen LogP contribution in [0, 0.1) is 5.92 Å². The maximum Gasteiger partial charge on any atom is 0.0332 e. The van der Waals surface area contributed by atoms with E-state index in [-0.39, 0.29) is 0 Å². The second-order valence-electron chi connectivity index (χ2n) is 5.65. The van der Waals surface area contributed by atoms with Crippen molar-refractivity contribution in [3.63, 3.8) is 0 Å². The van der Waals surface area contributed by atoms with Crippen LogP contribution in [-0.2, 0) is 0 Å². The van der Waals surface area contributed by atoms with Crippen molar-refractivity contribution >= 4 is 0 Å². The highest BCUT2D eigenvalue weighted by Gasteiger charge is 2.23. The molecule has 1 fully saturated rings. The van der Waals surface area contributed by atoms with Crippen molar-refractivity contribution in [3.8, 4) is 0 Å². The Morgan fingerprint density at radius 1 is 1.21 bits per heavy atom. The molecule has 0 saturated heterocycles. The predicted octanol–water partition coefficient (Wildman–Crippen LogP) is 3.46. The molecular formula is C17H28N2. The van der Waals surface area contributed by atoms with E-state index in [1.54, 1.807) is 0 Å². The van der Waals surface area contributed by atoms with Gasteiger partial charge in [-0.05, 0) is 50.4 Å². The minimum Gasteiger partial charge on any atom is -0.310 e. The second-order valence-corrected chi connectivity index (χ2v) is 5.65. The van der Waals surface area contributed by atoms with Crippen LogP contribution in [0.5, 0.6) is 0 Å². The van der Waals surface area contributed by atoms with Crippen LogP contribution < -0.4 is 5.32 Å². The molecule has 1 N–H and O–H groups in total. The third-order valence-electron chi connectivity index (χ3n) is 4.05. The molecule has 0 aliphatic heterocycles. The van der Waals surface area contributed by atoms with Gasteiger partial charge in [0.05, 0.1) is 0 Å². The molecule has 106 valence electrons. The lowest BCUT2D eigenvalue weighted by Crippen LogP contribution is -2.31. The van der Waals surface area contributed by atoms with E-state index in [1.807, 2.05) is 0 Å². The first-order chi connectivity index (χ1) is 9.33. The van der Waals surface area contributed by atoms with E-state index in [2.05, 4.69) is 54.4 Å². The largest absolute Gasteiger partial charge is 0.310 e. The van der Waals surface area contributed by atoms with Gasteiger partial charge in [-0.15, -0.1) is 0 Å². The fourth-order valence-corrected chi connectivity index (χ4v) is 2.67. The summed E-state index contributed by atoms with van der Waals surface area (Å²) in [7, 11) is 0. The zero-order chi connectivity index (χ0) is 13.5. The molecule has 0 spiro atoms. The van der Waals surface area contributed by atoms with Crippen molar-refractivity contribution in [1.29, 1.82) is 0 Å². The fourth-order valence-electron chi connectivity index (χ4n) is 2.67. The van der Waals surface area contributed by atoms with E-state index in [0.717, 1.165) is 12.5 Å². The number of nitrogens with zero attached hydrogens (tertiary/aromatic N) is 1. The number of nitrogens with one attached hydrogen (secondary N) is 1. The molecule has 1 aromatic rings. The Kier molecular flexibility index (Phi) is 5.87. The second kappa shape index (κ2) is 7.66. The lowest BCUT2D eigenvalue weighted by atomic mass is 10.0. The van der Waals surface area contributed by atoms with Gasteiger partial charge in [0, 0.05) is 12.6 Å². The smallest absolute Gasteiger partial charge is 0.0332 e. The predicted molar refractivity (Wildman–Crippen MR) is 82.3 cm³/mol. The Morgan fingerprint density at radius 2 is 1.95 bits per heavy atom. The minimum absolute atomic E-state index is 0.499. The van der Waals surface area contributed by atoms with Crippen LogP contribution >= 0.6 is 0 Å². The molecule has 0 radical (unpaired) electrons. The van der Waals surface area contributed by atoms with Crippen LogP contribution in [0.15, 0.2) is 30.3 Å². The first-order valence-electron chi connectivity index (χ1n) is 7.84. The van der Waals surface area contributed by atoms with E-state index >= 15 is 0 Å². The summed E-state index contributed by atoms with van der Waals surface area (Å²) in [6, 6.07) is 11.4. The van der Waals surface area contributed by atoms with E-state index in [1.165, 1.54) is 44.5 Å². The van der Waals surface area contributed by atoms with Gasteiger partial charge in [-0.1, -0.05) is 44.2 Å². The quantitative estimate of drug-likeness (QED) is 0.731. The van der Waals surface area contributed by atoms with Gasteiger partial charge in [-0.2, -0.15) is 0 Å². The Hall–Kier alpha value is -0.860. The van der Waals surface area contributed by atoms with E-state index in [0.29, 0.717) is 6.04 Å². The van der Waals surface area contributed by atoms with Gasteiger partial charge in [0.25, 0.3) is 0 Å². The molecule has 19 heavy (non-hydrogen) atoms. The van der Waals surface area contributed by atoms with Crippen molar-refractivity contribution in [2.75, 3.05) is 26.2 Å². The van der Waals surface area contributed by atoms with Gasteiger partial charge in [0.2, 0.25) is 0 Å². The number of hydrogen-bond donors (Lipinski definition) is 1. The SMILES string of the molecule is CCNC(CCN(CC)CC1CC1)c1ccccc1. The summed E-state index contributed by atoms with van der Waals surface area (Å²) in [6.07, 6.45) is 4.11. The van der Waals surface area contributed by atoms with Crippen LogP contribution in [0.2, 0.25) is 0 Å². The third-order valence-corrected chi connectivity index (χ3v) is 4.05. The lowest BCUT2D eigenvalue weighted by Gasteiger charge is -2.24. The number of hydrogen-bond acceptors (Lipinski definition) is 2. The monoisotopic (exact) mass is 260 g/mol. The molecule has 1 unspecified atom stereocenters. The van der Waals surface area contributed by atoms with Gasteiger partial charge < -0.3 is 10.2 Å². The van der Waals surface area contributed by atoms with Gasteiger partial charge in [-0.3, -0.25) is 0 Å². The molecule has 1 aliphatic rings. The van der Waals surface area contributed by atoms with Crippen LogP contribution in [0.3, 0.4) is 0 Å². The Labute approximate surface area is 118 Å². The molecule has 2 heteroatoms. The van der Waals surface area contributed by atoms with Crippen LogP contribution in [0.4, 0.5) is 0 Å². The van der Waals surface area contributed by atoms with Crippen LogP contribution in [0.25, 0.3) is 0 Å². The highest BCUT2D eigenvalue weighted by molar-refractivity contribution is 5.18. The molecule has 1 saturated carbocycles. The summed E-state index contributed by atoms with van der Waals surface area (Å²) in [5.41, 5.74) is 1.42. The zero-order valence-corrected chi connectivity index (χ0v) is 12.4. The minimum atomic E-state index is 0.499. The van der Waals surface area contributed by atoms with Crippen molar-refractivity contribution in [1.82, 2.24) is 10.2 Å². The van der Waals surface area contributed by atoms with Crippen LogP contribution in [-0.4, -0.2) is 31.1 Å². The topological polar surface area (TPSA) is 15.3 Å². The molecule has 0 heterocycles. The highest BCUT2D eigenvalue weighted by atomic mass is 15.1. The van der Waals surface area contributed by atoms with Crippen molar-refractivity contribution in [3.05, 3.63) is 35.9 Å². The van der Waals surface area contributed by atoms with Crippen molar-refractivity contribution in [2.24, 2.45) is 5.92 Å². The average molecular weight is 260 g/mol. The van der Waals surface area contributed by atoms with E-state index < -0.39 is 0 Å². The Bertz CT molecular complexity index is 346. The highest BCUT2D eigenvalue weighted by Crippen LogP contribution is 2.30. The summed E-state index contributed by atoms with van der Waals surface area (Å²) in [5.74, 6) is 0.995. The fraction of sp³-hybridized carbons (Fsp3) is 0.647. The summed E-state index contributed by atoms with van der Waals surface area (Å²) < 4.78 is 0. The molecule has 0 aromatic heterocycles. The molecule has 0 bridgehead atoms. The standard InChI is InChI=1S/C17H28N2/c1-3-18-17(16-8-6-5-7-9-16)12-13-19(4-2)14-15-10-11-15/h5-9,15,17-18H,3-4,10-14H2,1-2H3. The Balaban J connectivity index is 1.85. The zero-order valence-electron chi connectivity index (χ0n) is 12.4. The molecular weight excluding hydrogens is 232 g/mol.